The molecule has 1 N–H and O–H groups in total. The van der Waals surface area contributed by atoms with Crippen LogP contribution in [0.3, 0.4) is 0 Å². The number of thioether (sulfide) groups is 1. The molecule has 0 saturated carbocycles. The van der Waals surface area contributed by atoms with Gasteiger partial charge in [-0.15, -0.1) is 11.3 Å². The number of hydrogen-bond donors (Lipinski definition) is 1. The van der Waals surface area contributed by atoms with Crippen molar-refractivity contribution < 1.29 is 24.2 Å². The molecule has 3 unspecified atom stereocenters. The number of ether oxygens (including phenoxy) is 2. The van der Waals surface area contributed by atoms with Crippen molar-refractivity contribution in [2.45, 2.75) is 35.9 Å². The predicted octanol–water partition coefficient (Wildman–Crippen LogP) is 6.93. The number of imide groups is 1. The van der Waals surface area contributed by atoms with Gasteiger partial charge in [-0.2, -0.15) is 0 Å². The van der Waals surface area contributed by atoms with Gasteiger partial charge in [-0.3, -0.25) is 9.59 Å². The zero-order valence-electron chi connectivity index (χ0n) is 22.4. The van der Waals surface area contributed by atoms with Crippen molar-refractivity contribution in [3.8, 4) is 0 Å². The molecule has 0 radical (unpaired) electrons. The molecule has 42 heavy (non-hydrogen) atoms. The summed E-state index contributed by atoms with van der Waals surface area (Å²) < 4.78 is 15.1. The highest BCUT2D eigenvalue weighted by molar-refractivity contribution is 8.01. The van der Waals surface area contributed by atoms with Crippen LogP contribution in [0, 0.1) is 0 Å². The number of hydrogen-bond acceptors (Lipinski definition) is 8. The van der Waals surface area contributed by atoms with Gasteiger partial charge in [0.05, 0.1) is 45.8 Å². The Balaban J connectivity index is 1.16. The number of aliphatic hydroxyl groups excluding tert-OH is 1. The standard InChI is InChI=1S/C33H26N2O5S2/c36-18-20-12-14-21(15-13-20)28-17-24(19-41-33-34-27-10-3-4-11-29(27)42-33)39-32(40-28)22-6-5-7-23(16-22)35-30(37)25-8-1-2-9-26(25)31(35)38/h1-16,24,28,32,36H,17-19H2. The lowest BCUT2D eigenvalue weighted by Gasteiger charge is -2.36. The van der Waals surface area contributed by atoms with Gasteiger partial charge in [-0.05, 0) is 47.5 Å². The van der Waals surface area contributed by atoms with Crippen molar-refractivity contribution in [1.29, 1.82) is 0 Å². The second-order valence-corrected chi connectivity index (χ2v) is 12.5. The minimum absolute atomic E-state index is 0.0242. The van der Waals surface area contributed by atoms with Gasteiger partial charge in [0.2, 0.25) is 0 Å². The summed E-state index contributed by atoms with van der Waals surface area (Å²) in [5.41, 5.74) is 4.80. The number of para-hydroxylation sites is 1. The normalized spacial score (nSPS) is 20.3. The molecular weight excluding hydrogens is 569 g/mol. The molecule has 210 valence electrons. The average Bonchev–Trinajstić information content (AvgIpc) is 3.57. The summed E-state index contributed by atoms with van der Waals surface area (Å²) in [6, 6.07) is 30.0. The van der Waals surface area contributed by atoms with Crippen LogP contribution in [0.5, 0.6) is 0 Å². The van der Waals surface area contributed by atoms with E-state index in [1.54, 1.807) is 59.5 Å². The molecule has 9 heteroatoms. The molecule has 7 nitrogen and oxygen atoms in total. The average molecular weight is 595 g/mol. The van der Waals surface area contributed by atoms with E-state index in [9.17, 15) is 14.7 Å². The number of aromatic nitrogens is 1. The van der Waals surface area contributed by atoms with Crippen molar-refractivity contribution in [3.63, 3.8) is 0 Å². The largest absolute Gasteiger partial charge is 0.392 e. The Morgan fingerprint density at radius 3 is 2.33 bits per heavy atom. The number of rotatable bonds is 7. The molecule has 7 rings (SSSR count). The molecule has 1 aromatic heterocycles. The number of aliphatic hydroxyl groups is 1. The highest BCUT2D eigenvalue weighted by Crippen LogP contribution is 2.41. The summed E-state index contributed by atoms with van der Waals surface area (Å²) >= 11 is 3.33. The fourth-order valence-corrected chi connectivity index (χ4v) is 7.45. The topological polar surface area (TPSA) is 89.0 Å². The predicted molar refractivity (Wildman–Crippen MR) is 163 cm³/mol. The molecule has 3 heterocycles. The Morgan fingerprint density at radius 1 is 0.857 bits per heavy atom. The Labute approximate surface area is 250 Å². The summed E-state index contributed by atoms with van der Waals surface area (Å²) in [6.45, 7) is -0.0242. The number of thiazole rings is 1. The van der Waals surface area contributed by atoms with Gasteiger partial charge in [-0.1, -0.05) is 72.4 Å². The molecule has 2 aliphatic rings. The molecular formula is C33H26N2O5S2. The summed E-state index contributed by atoms with van der Waals surface area (Å²) in [6.07, 6.45) is -0.464. The van der Waals surface area contributed by atoms with Crippen LogP contribution >= 0.6 is 23.1 Å². The van der Waals surface area contributed by atoms with Gasteiger partial charge in [-0.25, -0.2) is 9.88 Å². The van der Waals surface area contributed by atoms with Crippen molar-refractivity contribution in [2.24, 2.45) is 0 Å². The summed E-state index contributed by atoms with van der Waals surface area (Å²) in [7, 11) is 0. The van der Waals surface area contributed by atoms with E-state index in [0.29, 0.717) is 29.0 Å². The number of benzene rings is 4. The molecule has 1 fully saturated rings. The Morgan fingerprint density at radius 2 is 1.60 bits per heavy atom. The Bertz CT molecular complexity index is 1720. The molecule has 1 saturated heterocycles. The Kier molecular flexibility index (Phi) is 7.35. The van der Waals surface area contributed by atoms with Gasteiger partial charge < -0.3 is 14.6 Å². The number of carbonyl (C=O) groups is 2. The van der Waals surface area contributed by atoms with E-state index in [1.165, 1.54) is 4.90 Å². The van der Waals surface area contributed by atoms with Crippen LogP contribution in [0.2, 0.25) is 0 Å². The van der Waals surface area contributed by atoms with Crippen molar-refractivity contribution in [3.05, 3.63) is 125 Å². The molecule has 0 aliphatic carbocycles. The zero-order chi connectivity index (χ0) is 28.6. The minimum atomic E-state index is -0.711. The van der Waals surface area contributed by atoms with E-state index < -0.39 is 6.29 Å². The number of anilines is 1. The first-order chi connectivity index (χ1) is 20.6. The Hall–Kier alpha value is -3.86. The van der Waals surface area contributed by atoms with E-state index in [4.69, 9.17) is 14.5 Å². The number of nitrogens with zero attached hydrogens (tertiary/aromatic N) is 2. The fraction of sp³-hybridized carbons (Fsp3) is 0.182. The number of amides is 2. The lowest BCUT2D eigenvalue weighted by molar-refractivity contribution is -0.245. The van der Waals surface area contributed by atoms with E-state index >= 15 is 0 Å². The first-order valence-corrected chi connectivity index (χ1v) is 15.4. The number of fused-ring (bicyclic) bond motifs is 2. The van der Waals surface area contributed by atoms with Crippen LogP contribution in [0.25, 0.3) is 10.2 Å². The van der Waals surface area contributed by atoms with Crippen molar-refractivity contribution >= 4 is 50.8 Å². The first kappa shape index (κ1) is 27.0. The molecule has 2 amide bonds. The fourth-order valence-electron chi connectivity index (χ4n) is 5.33. The highest BCUT2D eigenvalue weighted by atomic mass is 32.2. The van der Waals surface area contributed by atoms with Crippen LogP contribution in [0.15, 0.2) is 101 Å². The van der Waals surface area contributed by atoms with Crippen LogP contribution in [-0.2, 0) is 16.1 Å². The highest BCUT2D eigenvalue weighted by Gasteiger charge is 2.37. The monoisotopic (exact) mass is 594 g/mol. The van der Waals surface area contributed by atoms with Gasteiger partial charge in [0.25, 0.3) is 11.8 Å². The van der Waals surface area contributed by atoms with Gasteiger partial charge >= 0.3 is 0 Å². The molecule has 5 aromatic rings. The van der Waals surface area contributed by atoms with Gasteiger partial charge in [0, 0.05) is 17.7 Å². The first-order valence-electron chi connectivity index (χ1n) is 13.6. The molecule has 2 aliphatic heterocycles. The van der Waals surface area contributed by atoms with E-state index in [2.05, 4.69) is 6.07 Å². The second-order valence-electron chi connectivity index (χ2n) is 10.2. The van der Waals surface area contributed by atoms with Gasteiger partial charge in [0.1, 0.15) is 0 Å². The maximum atomic E-state index is 13.1. The second kappa shape index (κ2) is 11.4. The molecule has 3 atom stereocenters. The van der Waals surface area contributed by atoms with Crippen LogP contribution in [0.4, 0.5) is 5.69 Å². The van der Waals surface area contributed by atoms with E-state index in [1.807, 2.05) is 54.6 Å². The van der Waals surface area contributed by atoms with E-state index in [-0.39, 0.29) is 30.6 Å². The lowest BCUT2D eigenvalue weighted by Crippen LogP contribution is -2.32. The van der Waals surface area contributed by atoms with Crippen molar-refractivity contribution in [1.82, 2.24) is 4.98 Å². The van der Waals surface area contributed by atoms with Crippen LogP contribution in [0.1, 0.15) is 56.2 Å². The minimum Gasteiger partial charge on any atom is -0.392 e. The van der Waals surface area contributed by atoms with Crippen LogP contribution < -0.4 is 4.90 Å². The zero-order valence-corrected chi connectivity index (χ0v) is 24.0. The number of carbonyl (C=O) groups excluding carboxylic acids is 2. The van der Waals surface area contributed by atoms with E-state index in [0.717, 1.165) is 31.2 Å². The smallest absolute Gasteiger partial charge is 0.266 e. The summed E-state index contributed by atoms with van der Waals surface area (Å²) in [5.74, 6) is -0.00130. The lowest BCUT2D eigenvalue weighted by atomic mass is 10.0. The third-order valence-electron chi connectivity index (χ3n) is 7.48. The summed E-state index contributed by atoms with van der Waals surface area (Å²) in [5, 5.41) is 9.50. The summed E-state index contributed by atoms with van der Waals surface area (Å²) in [4.78, 5) is 32.2. The third-order valence-corrected chi connectivity index (χ3v) is 9.79. The molecule has 4 aromatic carbocycles. The maximum Gasteiger partial charge on any atom is 0.266 e. The molecule has 0 spiro atoms. The quantitative estimate of drug-likeness (QED) is 0.162. The van der Waals surface area contributed by atoms with Crippen LogP contribution in [-0.4, -0.2) is 33.8 Å². The third kappa shape index (κ3) is 5.14. The molecule has 0 bridgehead atoms. The maximum absolute atomic E-state index is 13.1. The SMILES string of the molecule is O=C1c2ccccc2C(=O)N1c1cccc(C2OC(CSc3nc4ccccc4s3)CC(c3ccc(CO)cc3)O2)c1. The van der Waals surface area contributed by atoms with Crippen molar-refractivity contribution in [2.75, 3.05) is 10.7 Å². The van der Waals surface area contributed by atoms with Gasteiger partial charge in [0.15, 0.2) is 10.6 Å².